The number of imidazole rings is 1. The van der Waals surface area contributed by atoms with E-state index in [9.17, 15) is 4.79 Å². The number of ether oxygens (including phenoxy) is 2. The minimum Gasteiger partial charge on any atom is -0.493 e. The number of carbonyl (C=O) groups is 1. The third-order valence-corrected chi connectivity index (χ3v) is 6.26. The monoisotopic (exact) mass is 474 g/mol. The Bertz CT molecular complexity index is 1320. The lowest BCUT2D eigenvalue weighted by atomic mass is 10.1. The van der Waals surface area contributed by atoms with Gasteiger partial charge in [-0.2, -0.15) is 5.10 Å². The zero-order chi connectivity index (χ0) is 23.9. The first-order chi connectivity index (χ1) is 16.6. The van der Waals surface area contributed by atoms with Crippen molar-refractivity contribution < 1.29 is 14.3 Å². The fraction of sp³-hybridized carbons (Fsp3) is 0.192. The van der Waals surface area contributed by atoms with Gasteiger partial charge in [-0.15, -0.1) is 0 Å². The number of fused-ring (bicyclic) bond motifs is 1. The van der Waals surface area contributed by atoms with Gasteiger partial charge in [0.05, 0.1) is 43.3 Å². The molecule has 1 N–H and O–H groups in total. The minimum absolute atomic E-state index is 0.195. The molecule has 0 saturated carbocycles. The van der Waals surface area contributed by atoms with Crippen molar-refractivity contribution in [2.75, 3.05) is 20.0 Å². The molecule has 0 spiro atoms. The Balaban J connectivity index is 1.45. The Morgan fingerprint density at radius 3 is 2.50 bits per heavy atom. The van der Waals surface area contributed by atoms with Crippen molar-refractivity contribution >= 4 is 34.4 Å². The number of nitrogens with zero attached hydrogens (tertiary/aromatic N) is 3. The van der Waals surface area contributed by atoms with Crippen LogP contribution in [0.4, 0.5) is 0 Å². The van der Waals surface area contributed by atoms with Crippen LogP contribution < -0.4 is 14.9 Å². The van der Waals surface area contributed by atoms with Crippen molar-refractivity contribution in [1.29, 1.82) is 0 Å². The molecule has 0 aliphatic rings. The first-order valence-corrected chi connectivity index (χ1v) is 11.7. The zero-order valence-corrected chi connectivity index (χ0v) is 20.1. The average molecular weight is 475 g/mol. The van der Waals surface area contributed by atoms with E-state index < -0.39 is 0 Å². The topological polar surface area (TPSA) is 77.7 Å². The molecule has 0 atom stereocenters. The highest BCUT2D eigenvalue weighted by Crippen LogP contribution is 2.28. The second-order valence-corrected chi connectivity index (χ2v) is 8.49. The molecule has 3 aromatic carbocycles. The first kappa shape index (κ1) is 23.4. The van der Waals surface area contributed by atoms with E-state index in [1.54, 1.807) is 14.2 Å². The van der Waals surface area contributed by atoms with E-state index >= 15 is 0 Å². The standard InChI is InChI=1S/C26H26N4O3S/c1-18(20-13-14-23(32-2)24(15-20)33-3)28-29-25(31)17-34-26-27-21-11-7-8-12-22(21)30(26)16-19-9-5-4-6-10-19/h4-15H,16-17H2,1-3H3,(H,29,31)/b28-18+. The third-order valence-electron chi connectivity index (χ3n) is 5.29. The van der Waals surface area contributed by atoms with Crippen LogP contribution in [-0.4, -0.2) is 41.1 Å². The van der Waals surface area contributed by atoms with E-state index in [2.05, 4.69) is 27.2 Å². The van der Waals surface area contributed by atoms with Crippen LogP contribution in [0.25, 0.3) is 11.0 Å². The Morgan fingerprint density at radius 2 is 1.74 bits per heavy atom. The Kier molecular flexibility index (Phi) is 7.49. The molecule has 7 nitrogen and oxygen atoms in total. The van der Waals surface area contributed by atoms with Gasteiger partial charge in [-0.3, -0.25) is 4.79 Å². The second-order valence-electron chi connectivity index (χ2n) is 7.55. The van der Waals surface area contributed by atoms with Crippen molar-refractivity contribution in [2.45, 2.75) is 18.6 Å². The number of hydrogen-bond acceptors (Lipinski definition) is 6. The molecule has 174 valence electrons. The van der Waals surface area contributed by atoms with Gasteiger partial charge in [0.1, 0.15) is 0 Å². The van der Waals surface area contributed by atoms with Gasteiger partial charge in [0.2, 0.25) is 0 Å². The minimum atomic E-state index is -0.205. The Morgan fingerprint density at radius 1 is 1.00 bits per heavy atom. The predicted octanol–water partition coefficient (Wildman–Crippen LogP) is 4.73. The summed E-state index contributed by atoms with van der Waals surface area (Å²) in [5.41, 5.74) is 7.25. The molecule has 1 heterocycles. The summed E-state index contributed by atoms with van der Waals surface area (Å²) in [6.45, 7) is 2.51. The number of methoxy groups -OCH3 is 2. The molecule has 0 aliphatic carbocycles. The molecule has 8 heteroatoms. The van der Waals surface area contributed by atoms with Crippen LogP contribution in [0.3, 0.4) is 0 Å². The third kappa shape index (κ3) is 5.40. The number of nitrogens with one attached hydrogen (secondary N) is 1. The number of rotatable bonds is 9. The molecular formula is C26H26N4O3S. The van der Waals surface area contributed by atoms with E-state index in [0.29, 0.717) is 23.8 Å². The SMILES string of the molecule is COc1ccc(/C(C)=N/NC(=O)CSc2nc3ccccc3n2Cc2ccccc2)cc1OC. The summed E-state index contributed by atoms with van der Waals surface area (Å²) in [6, 6.07) is 23.7. The van der Waals surface area contributed by atoms with E-state index in [1.165, 1.54) is 17.3 Å². The molecule has 4 aromatic rings. The maximum Gasteiger partial charge on any atom is 0.250 e. The first-order valence-electron chi connectivity index (χ1n) is 10.8. The summed E-state index contributed by atoms with van der Waals surface area (Å²) in [5.74, 6) is 1.23. The van der Waals surface area contributed by atoms with E-state index in [4.69, 9.17) is 14.5 Å². The second kappa shape index (κ2) is 10.9. The predicted molar refractivity (Wildman–Crippen MR) is 136 cm³/mol. The van der Waals surface area contributed by atoms with Crippen molar-refractivity contribution in [3.05, 3.63) is 83.9 Å². The molecule has 0 aliphatic heterocycles. The maximum atomic E-state index is 12.5. The molecule has 0 bridgehead atoms. The number of para-hydroxylation sites is 2. The Labute approximate surface area is 202 Å². The molecule has 34 heavy (non-hydrogen) atoms. The summed E-state index contributed by atoms with van der Waals surface area (Å²) < 4.78 is 12.7. The molecule has 4 rings (SSSR count). The Hall–Kier alpha value is -3.78. The van der Waals surface area contributed by atoms with E-state index in [-0.39, 0.29) is 11.7 Å². The number of benzene rings is 3. The van der Waals surface area contributed by atoms with E-state index in [1.807, 2.05) is 67.6 Å². The van der Waals surface area contributed by atoms with Gasteiger partial charge in [0.25, 0.3) is 5.91 Å². The fourth-order valence-electron chi connectivity index (χ4n) is 3.52. The van der Waals surface area contributed by atoms with Crippen LogP contribution >= 0.6 is 11.8 Å². The van der Waals surface area contributed by atoms with E-state index in [0.717, 1.165) is 21.8 Å². The van der Waals surface area contributed by atoms with Crippen LogP contribution in [0.15, 0.2) is 83.1 Å². The van der Waals surface area contributed by atoms with Gasteiger partial charge in [-0.1, -0.05) is 54.2 Å². The lowest BCUT2D eigenvalue weighted by Crippen LogP contribution is -2.21. The molecule has 0 fully saturated rings. The van der Waals surface area contributed by atoms with Gasteiger partial charge < -0.3 is 14.0 Å². The van der Waals surface area contributed by atoms with Crippen LogP contribution in [0, 0.1) is 0 Å². The highest BCUT2D eigenvalue weighted by atomic mass is 32.2. The molecule has 1 aromatic heterocycles. The van der Waals surface area contributed by atoms with Crippen molar-refractivity contribution in [3.63, 3.8) is 0 Å². The number of thioether (sulfide) groups is 1. The normalized spacial score (nSPS) is 11.4. The van der Waals surface area contributed by atoms with Crippen LogP contribution in [0.5, 0.6) is 11.5 Å². The quantitative estimate of drug-likeness (QED) is 0.216. The van der Waals surface area contributed by atoms with Gasteiger partial charge in [-0.25, -0.2) is 10.4 Å². The largest absolute Gasteiger partial charge is 0.493 e. The maximum absolute atomic E-state index is 12.5. The summed E-state index contributed by atoms with van der Waals surface area (Å²) in [5, 5.41) is 5.04. The molecule has 1 amide bonds. The van der Waals surface area contributed by atoms with Gasteiger partial charge >= 0.3 is 0 Å². The summed E-state index contributed by atoms with van der Waals surface area (Å²) in [4.78, 5) is 17.3. The molecular weight excluding hydrogens is 448 g/mol. The lowest BCUT2D eigenvalue weighted by Gasteiger charge is -2.10. The van der Waals surface area contributed by atoms with Crippen LogP contribution in [0.2, 0.25) is 0 Å². The number of amides is 1. The molecule has 0 radical (unpaired) electrons. The fourth-order valence-corrected chi connectivity index (χ4v) is 4.32. The number of hydrazone groups is 1. The summed E-state index contributed by atoms with van der Waals surface area (Å²) >= 11 is 1.39. The average Bonchev–Trinajstić information content (AvgIpc) is 3.23. The smallest absolute Gasteiger partial charge is 0.250 e. The van der Waals surface area contributed by atoms with Gasteiger partial charge in [-0.05, 0) is 42.8 Å². The molecule has 0 saturated heterocycles. The van der Waals surface area contributed by atoms with Gasteiger partial charge in [0, 0.05) is 5.56 Å². The zero-order valence-electron chi connectivity index (χ0n) is 19.3. The highest BCUT2D eigenvalue weighted by molar-refractivity contribution is 7.99. The van der Waals surface area contributed by atoms with Gasteiger partial charge in [0.15, 0.2) is 16.7 Å². The van der Waals surface area contributed by atoms with Crippen LogP contribution in [-0.2, 0) is 11.3 Å². The van der Waals surface area contributed by atoms with Crippen LogP contribution in [0.1, 0.15) is 18.1 Å². The highest BCUT2D eigenvalue weighted by Gasteiger charge is 2.13. The number of aromatic nitrogens is 2. The number of carbonyl (C=O) groups excluding carboxylic acids is 1. The van der Waals surface area contributed by atoms with Crippen molar-refractivity contribution in [3.8, 4) is 11.5 Å². The van der Waals surface area contributed by atoms with Crippen molar-refractivity contribution in [2.24, 2.45) is 5.10 Å². The molecule has 0 unspecified atom stereocenters. The summed E-state index contributed by atoms with van der Waals surface area (Å²) in [6.07, 6.45) is 0. The number of hydrogen-bond donors (Lipinski definition) is 1. The summed E-state index contributed by atoms with van der Waals surface area (Å²) in [7, 11) is 3.17. The van der Waals surface area contributed by atoms with Crippen molar-refractivity contribution in [1.82, 2.24) is 15.0 Å². The lowest BCUT2D eigenvalue weighted by molar-refractivity contribution is -0.118.